The van der Waals surface area contributed by atoms with Crippen molar-refractivity contribution >= 4 is 18.3 Å². The van der Waals surface area contributed by atoms with Gasteiger partial charge in [0.2, 0.25) is 5.91 Å². The molecule has 4 heteroatoms. The number of carbonyl (C=O) groups is 1. The molecule has 3 nitrogen and oxygen atoms in total. The smallest absolute Gasteiger partial charge is 0.225 e. The third-order valence-electron chi connectivity index (χ3n) is 3.93. The van der Waals surface area contributed by atoms with Gasteiger partial charge in [-0.2, -0.15) is 0 Å². The number of amides is 1. The third kappa shape index (κ3) is 3.11. The molecule has 0 aromatic carbocycles. The van der Waals surface area contributed by atoms with E-state index < -0.39 is 0 Å². The summed E-state index contributed by atoms with van der Waals surface area (Å²) in [7, 11) is 0. The van der Waals surface area contributed by atoms with Gasteiger partial charge in [0.1, 0.15) is 0 Å². The highest BCUT2D eigenvalue weighted by molar-refractivity contribution is 5.85. The standard InChI is InChI=1S/C12H22N2O.ClH/c1-12(6-2-3-7-12)11(15)14-9-10-5-4-8-13-10;/h10,13H,2-9H2,1H3,(H,14,15);1H. The van der Waals surface area contributed by atoms with E-state index in [1.807, 2.05) is 0 Å². The molecule has 0 spiro atoms. The van der Waals surface area contributed by atoms with Crippen LogP contribution in [0.5, 0.6) is 0 Å². The van der Waals surface area contributed by atoms with Crippen LogP contribution in [-0.4, -0.2) is 25.0 Å². The van der Waals surface area contributed by atoms with E-state index >= 15 is 0 Å². The van der Waals surface area contributed by atoms with Crippen LogP contribution in [-0.2, 0) is 4.79 Å². The molecule has 2 N–H and O–H groups in total. The van der Waals surface area contributed by atoms with Crippen LogP contribution >= 0.6 is 12.4 Å². The fourth-order valence-corrected chi connectivity index (χ4v) is 2.74. The van der Waals surface area contributed by atoms with Crippen molar-refractivity contribution in [3.8, 4) is 0 Å². The fraction of sp³-hybridized carbons (Fsp3) is 0.917. The molecule has 1 aliphatic heterocycles. The van der Waals surface area contributed by atoms with Crippen molar-refractivity contribution < 1.29 is 4.79 Å². The van der Waals surface area contributed by atoms with Gasteiger partial charge in [0.05, 0.1) is 0 Å². The summed E-state index contributed by atoms with van der Waals surface area (Å²) < 4.78 is 0. The lowest BCUT2D eigenvalue weighted by Crippen LogP contribution is -2.43. The molecule has 1 saturated heterocycles. The van der Waals surface area contributed by atoms with Crippen LogP contribution in [0, 0.1) is 5.41 Å². The van der Waals surface area contributed by atoms with Gasteiger partial charge < -0.3 is 10.6 Å². The molecule has 0 aromatic rings. The van der Waals surface area contributed by atoms with Crippen molar-refractivity contribution in [3.05, 3.63) is 0 Å². The fourth-order valence-electron chi connectivity index (χ4n) is 2.74. The predicted octanol–water partition coefficient (Wildman–Crippen LogP) is 1.86. The Bertz CT molecular complexity index is 233. The molecule has 2 fully saturated rings. The molecule has 1 saturated carbocycles. The Morgan fingerprint density at radius 2 is 2.06 bits per heavy atom. The lowest BCUT2D eigenvalue weighted by atomic mass is 9.88. The molecule has 0 radical (unpaired) electrons. The molecule has 1 aliphatic carbocycles. The molecule has 16 heavy (non-hydrogen) atoms. The Balaban J connectivity index is 0.00000128. The van der Waals surface area contributed by atoms with E-state index in [1.54, 1.807) is 0 Å². The first-order valence-corrected chi connectivity index (χ1v) is 6.22. The van der Waals surface area contributed by atoms with Crippen LogP contribution < -0.4 is 10.6 Å². The number of nitrogens with one attached hydrogen (secondary N) is 2. The minimum Gasteiger partial charge on any atom is -0.354 e. The Morgan fingerprint density at radius 1 is 1.38 bits per heavy atom. The Labute approximate surface area is 104 Å². The first-order valence-electron chi connectivity index (χ1n) is 6.22. The molecule has 0 aromatic heterocycles. The van der Waals surface area contributed by atoms with Crippen LogP contribution in [0.2, 0.25) is 0 Å². The number of halogens is 1. The zero-order valence-electron chi connectivity index (χ0n) is 10.1. The molecule has 1 atom stereocenters. The molecule has 1 unspecified atom stereocenters. The molecule has 0 bridgehead atoms. The third-order valence-corrected chi connectivity index (χ3v) is 3.93. The van der Waals surface area contributed by atoms with Gasteiger partial charge in [-0.05, 0) is 32.2 Å². The molecule has 2 rings (SSSR count). The Hall–Kier alpha value is -0.280. The van der Waals surface area contributed by atoms with Crippen molar-refractivity contribution in [3.63, 3.8) is 0 Å². The number of hydrogen-bond acceptors (Lipinski definition) is 2. The van der Waals surface area contributed by atoms with Gasteiger partial charge in [0.25, 0.3) is 0 Å². The average molecular weight is 247 g/mol. The number of rotatable bonds is 3. The average Bonchev–Trinajstić information content (AvgIpc) is 2.85. The van der Waals surface area contributed by atoms with Crippen LogP contribution in [0.25, 0.3) is 0 Å². The summed E-state index contributed by atoms with van der Waals surface area (Å²) in [6, 6.07) is 0.513. The van der Waals surface area contributed by atoms with Gasteiger partial charge in [0.15, 0.2) is 0 Å². The summed E-state index contributed by atoms with van der Waals surface area (Å²) in [5.41, 5.74) is -0.0708. The summed E-state index contributed by atoms with van der Waals surface area (Å²) >= 11 is 0. The van der Waals surface area contributed by atoms with E-state index in [-0.39, 0.29) is 23.7 Å². The first-order chi connectivity index (χ1) is 7.21. The molecular formula is C12H23ClN2O. The van der Waals surface area contributed by atoms with Crippen molar-refractivity contribution in [2.45, 2.75) is 51.5 Å². The van der Waals surface area contributed by atoms with Crippen molar-refractivity contribution in [2.75, 3.05) is 13.1 Å². The van der Waals surface area contributed by atoms with Crippen LogP contribution in [0.15, 0.2) is 0 Å². The summed E-state index contributed by atoms with van der Waals surface area (Å²) in [5.74, 6) is 0.272. The lowest BCUT2D eigenvalue weighted by molar-refractivity contribution is -0.129. The van der Waals surface area contributed by atoms with E-state index in [9.17, 15) is 4.79 Å². The zero-order chi connectivity index (χ0) is 10.7. The molecule has 1 heterocycles. The van der Waals surface area contributed by atoms with Crippen LogP contribution in [0.4, 0.5) is 0 Å². The van der Waals surface area contributed by atoms with Gasteiger partial charge in [-0.25, -0.2) is 0 Å². The molecule has 94 valence electrons. The van der Waals surface area contributed by atoms with Crippen molar-refractivity contribution in [1.82, 2.24) is 10.6 Å². The van der Waals surface area contributed by atoms with Gasteiger partial charge in [-0.1, -0.05) is 19.8 Å². The van der Waals surface area contributed by atoms with Gasteiger partial charge >= 0.3 is 0 Å². The normalized spacial score (nSPS) is 27.4. The predicted molar refractivity (Wildman–Crippen MR) is 67.9 cm³/mol. The van der Waals surface area contributed by atoms with Crippen molar-refractivity contribution in [1.29, 1.82) is 0 Å². The number of hydrogen-bond donors (Lipinski definition) is 2. The van der Waals surface area contributed by atoms with Gasteiger partial charge in [-0.3, -0.25) is 4.79 Å². The molecular weight excluding hydrogens is 224 g/mol. The molecule has 1 amide bonds. The highest BCUT2D eigenvalue weighted by Gasteiger charge is 2.36. The van der Waals surface area contributed by atoms with Crippen LogP contribution in [0.1, 0.15) is 45.4 Å². The second-order valence-corrected chi connectivity index (χ2v) is 5.27. The quantitative estimate of drug-likeness (QED) is 0.798. The maximum atomic E-state index is 12.0. The highest BCUT2D eigenvalue weighted by atomic mass is 35.5. The van der Waals surface area contributed by atoms with E-state index in [4.69, 9.17) is 0 Å². The Morgan fingerprint density at radius 3 is 2.62 bits per heavy atom. The zero-order valence-corrected chi connectivity index (χ0v) is 10.9. The highest BCUT2D eigenvalue weighted by Crippen LogP contribution is 2.37. The lowest BCUT2D eigenvalue weighted by Gasteiger charge is -2.23. The first kappa shape index (κ1) is 13.8. The van der Waals surface area contributed by atoms with E-state index in [0.29, 0.717) is 6.04 Å². The second-order valence-electron chi connectivity index (χ2n) is 5.27. The van der Waals surface area contributed by atoms with Gasteiger partial charge in [0, 0.05) is 18.0 Å². The minimum absolute atomic E-state index is 0. The Kier molecular flexibility index (Phi) is 5.06. The van der Waals surface area contributed by atoms with E-state index in [2.05, 4.69) is 17.6 Å². The maximum Gasteiger partial charge on any atom is 0.225 e. The molecule has 2 aliphatic rings. The van der Waals surface area contributed by atoms with E-state index in [0.717, 1.165) is 25.9 Å². The summed E-state index contributed by atoms with van der Waals surface area (Å²) in [6.45, 7) is 4.03. The summed E-state index contributed by atoms with van der Waals surface area (Å²) in [5, 5.41) is 6.51. The van der Waals surface area contributed by atoms with E-state index in [1.165, 1.54) is 25.7 Å². The largest absolute Gasteiger partial charge is 0.354 e. The topological polar surface area (TPSA) is 41.1 Å². The minimum atomic E-state index is -0.0708. The van der Waals surface area contributed by atoms with Crippen LogP contribution in [0.3, 0.4) is 0 Å². The summed E-state index contributed by atoms with van der Waals surface area (Å²) in [6.07, 6.45) is 7.01. The monoisotopic (exact) mass is 246 g/mol. The maximum absolute atomic E-state index is 12.0. The second kappa shape index (κ2) is 5.87. The van der Waals surface area contributed by atoms with Gasteiger partial charge in [-0.15, -0.1) is 12.4 Å². The number of carbonyl (C=O) groups excluding carboxylic acids is 1. The van der Waals surface area contributed by atoms with Crippen molar-refractivity contribution in [2.24, 2.45) is 5.41 Å². The SMILES string of the molecule is CC1(C(=O)NCC2CCCN2)CCCC1.Cl. The summed E-state index contributed by atoms with van der Waals surface area (Å²) in [4.78, 5) is 12.0.